The van der Waals surface area contributed by atoms with Crippen molar-refractivity contribution in [1.82, 2.24) is 30.8 Å². The number of carbonyl (C=O) groups excluding carboxylic acids is 1. The molecule has 1 aromatic rings. The molecule has 1 rings (SSSR count). The zero-order chi connectivity index (χ0) is 16.7. The Hall–Kier alpha value is -2.03. The summed E-state index contributed by atoms with van der Waals surface area (Å²) in [6.45, 7) is 5.93. The summed E-state index contributed by atoms with van der Waals surface area (Å²) in [6.07, 6.45) is 0.955. The molecule has 0 aliphatic carbocycles. The largest absolute Gasteiger partial charge is 0.480 e. The van der Waals surface area contributed by atoms with Crippen molar-refractivity contribution in [3.8, 4) is 0 Å². The van der Waals surface area contributed by atoms with Crippen molar-refractivity contribution in [3.05, 3.63) is 5.82 Å². The van der Waals surface area contributed by atoms with Gasteiger partial charge in [0.2, 0.25) is 5.91 Å². The molecule has 0 unspecified atom stereocenters. The average Bonchev–Trinajstić information content (AvgIpc) is 2.85. The number of aryl methyl sites for hydroxylation is 1. The predicted octanol–water partition coefficient (Wildman–Crippen LogP) is -0.306. The first-order chi connectivity index (χ1) is 10.3. The quantitative estimate of drug-likeness (QED) is 0.572. The van der Waals surface area contributed by atoms with Gasteiger partial charge in [0.05, 0.1) is 12.6 Å². The van der Waals surface area contributed by atoms with Gasteiger partial charge >= 0.3 is 5.97 Å². The van der Waals surface area contributed by atoms with E-state index >= 15 is 0 Å². The van der Waals surface area contributed by atoms with Gasteiger partial charge in [-0.25, -0.2) is 4.68 Å². The van der Waals surface area contributed by atoms with E-state index in [9.17, 15) is 9.59 Å². The Kier molecular flexibility index (Phi) is 6.90. The lowest BCUT2D eigenvalue weighted by Gasteiger charge is -2.23. The van der Waals surface area contributed by atoms with Crippen molar-refractivity contribution >= 4 is 11.9 Å². The minimum atomic E-state index is -0.957. The lowest BCUT2D eigenvalue weighted by Crippen LogP contribution is -2.51. The normalized spacial score (nSPS) is 13.9. The van der Waals surface area contributed by atoms with Crippen molar-refractivity contribution in [2.45, 2.75) is 52.2 Å². The van der Waals surface area contributed by atoms with E-state index in [1.807, 2.05) is 13.8 Å². The van der Waals surface area contributed by atoms with Crippen LogP contribution in [0.15, 0.2) is 0 Å². The van der Waals surface area contributed by atoms with Crippen molar-refractivity contribution in [3.63, 3.8) is 0 Å². The van der Waals surface area contributed by atoms with Crippen molar-refractivity contribution in [1.29, 1.82) is 0 Å². The summed E-state index contributed by atoms with van der Waals surface area (Å²) in [5, 5.41) is 25.7. The number of tetrazole rings is 1. The fourth-order valence-corrected chi connectivity index (χ4v) is 2.02. The smallest absolute Gasteiger partial charge is 0.320 e. The van der Waals surface area contributed by atoms with E-state index in [2.05, 4.69) is 26.2 Å². The molecule has 0 bridgehead atoms. The summed E-state index contributed by atoms with van der Waals surface area (Å²) in [5.74, 6) is -0.425. The first-order valence-electron chi connectivity index (χ1n) is 7.32. The molecule has 124 valence electrons. The molecule has 0 aliphatic rings. The summed E-state index contributed by atoms with van der Waals surface area (Å²) in [4.78, 5) is 23.5. The molecule has 0 saturated heterocycles. The van der Waals surface area contributed by atoms with Crippen LogP contribution in [-0.2, 0) is 23.2 Å². The highest BCUT2D eigenvalue weighted by molar-refractivity contribution is 5.83. The maximum Gasteiger partial charge on any atom is 0.320 e. The van der Waals surface area contributed by atoms with Gasteiger partial charge in [-0.15, -0.1) is 5.10 Å². The molecule has 0 aromatic carbocycles. The van der Waals surface area contributed by atoms with Gasteiger partial charge in [0.15, 0.2) is 5.82 Å². The molecule has 0 spiro atoms. The zero-order valence-electron chi connectivity index (χ0n) is 13.4. The lowest BCUT2D eigenvalue weighted by atomic mass is 10.0. The van der Waals surface area contributed by atoms with Gasteiger partial charge in [-0.2, -0.15) is 0 Å². The number of hydrogen-bond acceptors (Lipinski definition) is 6. The summed E-state index contributed by atoms with van der Waals surface area (Å²) in [5.41, 5.74) is 0. The summed E-state index contributed by atoms with van der Waals surface area (Å²) < 4.78 is 1.47. The second kappa shape index (κ2) is 8.42. The first-order valence-corrected chi connectivity index (χ1v) is 7.32. The van der Waals surface area contributed by atoms with Gasteiger partial charge < -0.3 is 10.4 Å². The average molecular weight is 312 g/mol. The van der Waals surface area contributed by atoms with Gasteiger partial charge in [-0.05, 0) is 29.2 Å². The molecular formula is C13H24N6O3. The Morgan fingerprint density at radius 2 is 2.00 bits per heavy atom. The molecule has 1 aromatic heterocycles. The molecule has 1 amide bonds. The Morgan fingerprint density at radius 1 is 1.32 bits per heavy atom. The SMILES string of the molecule is CC[C@@H](N[C@@H](CC(C)C)C(=O)NCc1nnnn1C)C(=O)O. The molecule has 22 heavy (non-hydrogen) atoms. The first kappa shape index (κ1) is 18.0. The molecule has 3 N–H and O–H groups in total. The molecule has 0 radical (unpaired) electrons. The minimum absolute atomic E-state index is 0.197. The van der Waals surface area contributed by atoms with Gasteiger partial charge in [0.1, 0.15) is 6.04 Å². The van der Waals surface area contributed by atoms with Crippen LogP contribution in [0.1, 0.15) is 39.4 Å². The van der Waals surface area contributed by atoms with Crippen LogP contribution < -0.4 is 10.6 Å². The van der Waals surface area contributed by atoms with Gasteiger partial charge in [0, 0.05) is 7.05 Å². The second-order valence-electron chi connectivity index (χ2n) is 5.58. The van der Waals surface area contributed by atoms with Gasteiger partial charge in [-0.3, -0.25) is 14.9 Å². The maximum atomic E-state index is 12.3. The van der Waals surface area contributed by atoms with E-state index in [-0.39, 0.29) is 18.4 Å². The van der Waals surface area contributed by atoms with E-state index in [0.717, 1.165) is 0 Å². The third-order valence-electron chi connectivity index (χ3n) is 3.26. The van der Waals surface area contributed by atoms with Crippen LogP contribution in [0.25, 0.3) is 0 Å². The third-order valence-corrected chi connectivity index (χ3v) is 3.26. The highest BCUT2D eigenvalue weighted by atomic mass is 16.4. The number of rotatable bonds is 9. The Bertz CT molecular complexity index is 502. The van der Waals surface area contributed by atoms with Crippen LogP contribution in [0, 0.1) is 5.92 Å². The highest BCUT2D eigenvalue weighted by Gasteiger charge is 2.25. The molecule has 9 nitrogen and oxygen atoms in total. The number of carboxylic acids is 1. The number of nitrogens with zero attached hydrogens (tertiary/aromatic N) is 4. The summed E-state index contributed by atoms with van der Waals surface area (Å²) in [7, 11) is 1.68. The molecule has 0 fully saturated rings. The van der Waals surface area contributed by atoms with E-state index in [1.165, 1.54) is 4.68 Å². The van der Waals surface area contributed by atoms with E-state index in [0.29, 0.717) is 18.7 Å². The monoisotopic (exact) mass is 312 g/mol. The number of carboxylic acid groups (broad SMARTS) is 1. The Balaban J connectivity index is 2.67. The van der Waals surface area contributed by atoms with Crippen molar-refractivity contribution in [2.75, 3.05) is 0 Å². The molecule has 2 atom stereocenters. The van der Waals surface area contributed by atoms with E-state index in [1.54, 1.807) is 14.0 Å². The van der Waals surface area contributed by atoms with E-state index in [4.69, 9.17) is 5.11 Å². The summed E-state index contributed by atoms with van der Waals surface area (Å²) in [6, 6.07) is -1.31. The highest BCUT2D eigenvalue weighted by Crippen LogP contribution is 2.07. The number of hydrogen-bond donors (Lipinski definition) is 3. The van der Waals surface area contributed by atoms with Crippen molar-refractivity contribution < 1.29 is 14.7 Å². The Morgan fingerprint density at radius 3 is 2.45 bits per heavy atom. The topological polar surface area (TPSA) is 122 Å². The summed E-state index contributed by atoms with van der Waals surface area (Å²) >= 11 is 0. The standard InChI is InChI=1S/C13H24N6O3/c1-5-9(13(21)22)15-10(6-8(2)3)12(20)14-7-11-16-17-18-19(11)4/h8-10,15H,5-7H2,1-4H3,(H,14,20)(H,21,22)/t9-,10+/m1/s1. The number of carbonyl (C=O) groups is 2. The van der Waals surface area contributed by atoms with Crippen molar-refractivity contribution in [2.24, 2.45) is 13.0 Å². The molecule has 9 heteroatoms. The number of aliphatic carboxylic acids is 1. The van der Waals surface area contributed by atoms with E-state index < -0.39 is 18.1 Å². The maximum absolute atomic E-state index is 12.3. The minimum Gasteiger partial charge on any atom is -0.480 e. The van der Waals surface area contributed by atoms with Gasteiger partial charge in [-0.1, -0.05) is 20.8 Å². The Labute approximate surface area is 129 Å². The van der Waals surface area contributed by atoms with Crippen LogP contribution >= 0.6 is 0 Å². The van der Waals surface area contributed by atoms with Crippen LogP contribution in [0.3, 0.4) is 0 Å². The van der Waals surface area contributed by atoms with Crippen LogP contribution in [0.2, 0.25) is 0 Å². The van der Waals surface area contributed by atoms with Crippen LogP contribution in [-0.4, -0.2) is 49.3 Å². The lowest BCUT2D eigenvalue weighted by molar-refractivity contribution is -0.140. The fraction of sp³-hybridized carbons (Fsp3) is 0.769. The van der Waals surface area contributed by atoms with Crippen LogP contribution in [0.5, 0.6) is 0 Å². The third kappa shape index (κ3) is 5.40. The number of aromatic nitrogens is 4. The zero-order valence-corrected chi connectivity index (χ0v) is 13.4. The van der Waals surface area contributed by atoms with Gasteiger partial charge in [0.25, 0.3) is 0 Å². The molecule has 0 aliphatic heterocycles. The number of amides is 1. The molecular weight excluding hydrogens is 288 g/mol. The fourth-order valence-electron chi connectivity index (χ4n) is 2.02. The molecule has 0 saturated carbocycles. The second-order valence-corrected chi connectivity index (χ2v) is 5.58. The molecule has 1 heterocycles. The predicted molar refractivity (Wildman–Crippen MR) is 78.7 cm³/mol. The number of nitrogens with one attached hydrogen (secondary N) is 2. The van der Waals surface area contributed by atoms with Crippen LogP contribution in [0.4, 0.5) is 0 Å².